The molecule has 1 aliphatic heterocycles. The summed E-state index contributed by atoms with van der Waals surface area (Å²) in [6.45, 7) is 1.28. The second-order valence-corrected chi connectivity index (χ2v) is 5.63. The van der Waals surface area contributed by atoms with Crippen molar-refractivity contribution in [2.75, 3.05) is 25.1 Å². The van der Waals surface area contributed by atoms with Crippen LogP contribution in [0.4, 0.5) is 5.82 Å². The van der Waals surface area contributed by atoms with Crippen molar-refractivity contribution in [2.24, 2.45) is 0 Å². The van der Waals surface area contributed by atoms with Gasteiger partial charge in [-0.05, 0) is 43.7 Å². The average molecular weight is 273 g/mol. The Hall–Kier alpha value is -1.64. The van der Waals surface area contributed by atoms with Crippen molar-refractivity contribution >= 4 is 5.82 Å². The van der Waals surface area contributed by atoms with Crippen molar-refractivity contribution in [1.29, 1.82) is 5.26 Å². The Balaban J connectivity index is 1.91. The van der Waals surface area contributed by atoms with Crippen molar-refractivity contribution in [1.82, 2.24) is 4.98 Å². The number of aromatic nitrogens is 1. The number of pyridine rings is 1. The first-order valence-electron chi connectivity index (χ1n) is 7.16. The van der Waals surface area contributed by atoms with Crippen LogP contribution in [-0.4, -0.2) is 35.5 Å². The molecule has 5 heteroatoms. The topological polar surface area (TPSA) is 78.2 Å². The molecule has 1 aromatic rings. The minimum Gasteiger partial charge on any atom is -0.394 e. The monoisotopic (exact) mass is 273 g/mol. The normalized spacial score (nSPS) is 20.2. The number of nitriles is 1. The lowest BCUT2D eigenvalue weighted by molar-refractivity contribution is 0.0378. The molecule has 1 aromatic heterocycles. The first-order valence-corrected chi connectivity index (χ1v) is 7.16. The van der Waals surface area contributed by atoms with Crippen molar-refractivity contribution in [3.8, 4) is 6.07 Å². The second-order valence-electron chi connectivity index (χ2n) is 5.63. The molecule has 0 radical (unpaired) electrons. The highest BCUT2D eigenvalue weighted by Crippen LogP contribution is 2.29. The van der Waals surface area contributed by atoms with Crippen LogP contribution in [0, 0.1) is 11.3 Å². The van der Waals surface area contributed by atoms with Gasteiger partial charge in [0.1, 0.15) is 11.9 Å². The number of hydrogen-bond donors (Lipinski definition) is 2. The summed E-state index contributed by atoms with van der Waals surface area (Å²) in [5.74, 6) is 0.615. The summed E-state index contributed by atoms with van der Waals surface area (Å²) >= 11 is 0. The number of nitrogens with one attached hydrogen (secondary N) is 1. The van der Waals surface area contributed by atoms with Crippen molar-refractivity contribution in [3.05, 3.63) is 22.9 Å². The largest absolute Gasteiger partial charge is 0.394 e. The fraction of sp³-hybridized carbons (Fsp3) is 0.600. The maximum absolute atomic E-state index is 9.73. The molecule has 2 heterocycles. The number of aliphatic hydroxyl groups is 1. The van der Waals surface area contributed by atoms with Crippen molar-refractivity contribution < 1.29 is 9.84 Å². The molecular weight excluding hydrogens is 254 g/mol. The van der Waals surface area contributed by atoms with E-state index in [1.165, 1.54) is 5.56 Å². The molecule has 2 N–H and O–H groups in total. The Morgan fingerprint density at radius 1 is 1.40 bits per heavy atom. The third-order valence-corrected chi connectivity index (χ3v) is 4.31. The van der Waals surface area contributed by atoms with Crippen LogP contribution in [-0.2, 0) is 17.6 Å². The molecule has 0 saturated carbocycles. The summed E-state index contributed by atoms with van der Waals surface area (Å²) in [6.07, 6.45) is 4.55. The third-order valence-electron chi connectivity index (χ3n) is 4.31. The molecule has 3 rings (SSSR count). The van der Waals surface area contributed by atoms with Gasteiger partial charge in [-0.1, -0.05) is 0 Å². The molecule has 1 aliphatic carbocycles. The molecule has 5 nitrogen and oxygen atoms in total. The number of aliphatic hydroxyl groups excluding tert-OH is 1. The minimum atomic E-state index is -0.413. The molecule has 0 unspecified atom stereocenters. The van der Waals surface area contributed by atoms with Crippen LogP contribution in [0.2, 0.25) is 0 Å². The number of anilines is 1. The summed E-state index contributed by atoms with van der Waals surface area (Å²) < 4.78 is 5.36. The van der Waals surface area contributed by atoms with Crippen LogP contribution in [0.3, 0.4) is 0 Å². The molecule has 20 heavy (non-hydrogen) atoms. The van der Waals surface area contributed by atoms with Crippen LogP contribution >= 0.6 is 0 Å². The lowest BCUT2D eigenvalue weighted by atomic mass is 9.90. The zero-order chi connectivity index (χ0) is 14.0. The molecule has 0 aromatic carbocycles. The second kappa shape index (κ2) is 5.39. The Labute approximate surface area is 118 Å². The molecule has 106 valence electrons. The summed E-state index contributed by atoms with van der Waals surface area (Å²) in [4.78, 5) is 4.63. The number of ether oxygens (including phenoxy) is 1. The predicted octanol–water partition coefficient (Wildman–Crippen LogP) is 1.40. The minimum absolute atomic E-state index is 0.0278. The average Bonchev–Trinajstić information content (AvgIpc) is 2.94. The van der Waals surface area contributed by atoms with Gasteiger partial charge in [0.15, 0.2) is 0 Å². The highest BCUT2D eigenvalue weighted by molar-refractivity contribution is 5.56. The number of hydrogen-bond acceptors (Lipinski definition) is 5. The van der Waals surface area contributed by atoms with E-state index in [9.17, 15) is 10.4 Å². The molecule has 0 amide bonds. The Kier molecular flexibility index (Phi) is 3.60. The van der Waals surface area contributed by atoms with Gasteiger partial charge in [-0.3, -0.25) is 0 Å². The van der Waals surface area contributed by atoms with Crippen molar-refractivity contribution in [3.63, 3.8) is 0 Å². The van der Waals surface area contributed by atoms with E-state index in [-0.39, 0.29) is 6.61 Å². The van der Waals surface area contributed by atoms with Gasteiger partial charge in [0.2, 0.25) is 0 Å². The molecule has 0 atom stereocenters. The predicted molar refractivity (Wildman–Crippen MR) is 74.5 cm³/mol. The van der Waals surface area contributed by atoms with E-state index in [1.54, 1.807) is 0 Å². The quantitative estimate of drug-likeness (QED) is 0.870. The van der Waals surface area contributed by atoms with E-state index >= 15 is 0 Å². The number of fused-ring (bicyclic) bond motifs is 1. The molecule has 1 fully saturated rings. The third kappa shape index (κ3) is 2.37. The number of aryl methyl sites for hydroxylation is 2. The Bertz CT molecular complexity index is 545. The Morgan fingerprint density at radius 3 is 2.90 bits per heavy atom. The van der Waals surface area contributed by atoms with Gasteiger partial charge in [-0.15, -0.1) is 0 Å². The zero-order valence-electron chi connectivity index (χ0n) is 11.5. The lowest BCUT2D eigenvalue weighted by Gasteiger charge is -2.37. The SMILES string of the molecule is N#Cc1cc2c(nc1NC1(CO)CCOCC1)CCC2. The molecule has 0 bridgehead atoms. The van der Waals surface area contributed by atoms with E-state index in [4.69, 9.17) is 4.74 Å². The van der Waals surface area contributed by atoms with E-state index in [1.807, 2.05) is 6.07 Å². The van der Waals surface area contributed by atoms with E-state index in [0.717, 1.165) is 37.8 Å². The molecule has 1 saturated heterocycles. The maximum Gasteiger partial charge on any atom is 0.144 e. The van der Waals surface area contributed by atoms with Gasteiger partial charge in [-0.25, -0.2) is 4.98 Å². The van der Waals surface area contributed by atoms with Crippen molar-refractivity contribution in [2.45, 2.75) is 37.6 Å². The Morgan fingerprint density at radius 2 is 2.20 bits per heavy atom. The number of rotatable bonds is 3. The fourth-order valence-electron chi connectivity index (χ4n) is 2.99. The van der Waals surface area contributed by atoms with Gasteiger partial charge in [0.25, 0.3) is 0 Å². The number of nitrogens with zero attached hydrogens (tertiary/aromatic N) is 2. The first-order chi connectivity index (χ1) is 9.76. The summed E-state index contributed by atoms with van der Waals surface area (Å²) in [5.41, 5.74) is 2.44. The summed E-state index contributed by atoms with van der Waals surface area (Å²) in [7, 11) is 0. The smallest absolute Gasteiger partial charge is 0.144 e. The van der Waals surface area contributed by atoms with E-state index in [0.29, 0.717) is 24.6 Å². The highest BCUT2D eigenvalue weighted by Gasteiger charge is 2.33. The maximum atomic E-state index is 9.73. The summed E-state index contributed by atoms with van der Waals surface area (Å²) in [5, 5.41) is 22.4. The van der Waals surface area contributed by atoms with Crippen LogP contribution in [0.25, 0.3) is 0 Å². The zero-order valence-corrected chi connectivity index (χ0v) is 11.5. The van der Waals surface area contributed by atoms with Gasteiger partial charge >= 0.3 is 0 Å². The van der Waals surface area contributed by atoms with Crippen LogP contribution in [0.15, 0.2) is 6.07 Å². The van der Waals surface area contributed by atoms with Crippen LogP contribution in [0.5, 0.6) is 0 Å². The first kappa shape index (κ1) is 13.3. The molecule has 2 aliphatic rings. The van der Waals surface area contributed by atoms with Gasteiger partial charge in [-0.2, -0.15) is 5.26 Å². The van der Waals surface area contributed by atoms with Gasteiger partial charge in [0.05, 0.1) is 17.7 Å². The standard InChI is InChI=1S/C15H19N3O2/c16-9-12-8-11-2-1-3-13(11)17-14(12)18-15(10-19)4-6-20-7-5-15/h8,19H,1-7,10H2,(H,17,18). The van der Waals surface area contributed by atoms with Crippen LogP contribution < -0.4 is 5.32 Å². The van der Waals surface area contributed by atoms with E-state index < -0.39 is 5.54 Å². The van der Waals surface area contributed by atoms with Gasteiger partial charge in [0, 0.05) is 18.9 Å². The molecular formula is C15H19N3O2. The lowest BCUT2D eigenvalue weighted by Crippen LogP contribution is -2.47. The fourth-order valence-corrected chi connectivity index (χ4v) is 2.99. The summed E-state index contributed by atoms with van der Waals surface area (Å²) in [6, 6.07) is 4.16. The van der Waals surface area contributed by atoms with Crippen LogP contribution in [0.1, 0.15) is 36.1 Å². The highest BCUT2D eigenvalue weighted by atomic mass is 16.5. The van der Waals surface area contributed by atoms with E-state index in [2.05, 4.69) is 16.4 Å². The molecule has 0 spiro atoms. The van der Waals surface area contributed by atoms with Gasteiger partial charge < -0.3 is 15.2 Å².